The Morgan fingerprint density at radius 3 is 2.37 bits per heavy atom. The molecule has 7 nitrogen and oxygen atoms in total. The van der Waals surface area contributed by atoms with Gasteiger partial charge in [0.2, 0.25) is 5.91 Å². The maximum atomic E-state index is 15.0. The van der Waals surface area contributed by atoms with Gasteiger partial charge in [0.25, 0.3) is 5.91 Å². The maximum absolute atomic E-state index is 15.0. The normalized spacial score (nSPS) is 21.0. The van der Waals surface area contributed by atoms with Crippen molar-refractivity contribution in [2.45, 2.75) is 35.7 Å². The fourth-order valence-electron chi connectivity index (χ4n) is 6.08. The predicted octanol–water partition coefficient (Wildman–Crippen LogP) is 6.73. The Morgan fingerprint density at radius 2 is 1.70 bits per heavy atom. The van der Waals surface area contributed by atoms with Gasteiger partial charge in [-0.05, 0) is 84.8 Å². The summed E-state index contributed by atoms with van der Waals surface area (Å²) < 4.78 is 73.1. The molecule has 0 aliphatic heterocycles. The number of halogens is 5. The van der Waals surface area contributed by atoms with Crippen molar-refractivity contribution in [3.05, 3.63) is 77.4 Å². The Morgan fingerprint density at radius 1 is 0.953 bits per heavy atom. The van der Waals surface area contributed by atoms with Gasteiger partial charge in [0.15, 0.2) is 0 Å². The minimum atomic E-state index is -4.49. The first kappa shape index (κ1) is 30.3. The van der Waals surface area contributed by atoms with Crippen molar-refractivity contribution in [1.29, 1.82) is 0 Å². The first-order valence-corrected chi connectivity index (χ1v) is 14.0. The predicted molar refractivity (Wildman–Crippen MR) is 148 cm³/mol. The third-order valence-corrected chi connectivity index (χ3v) is 8.62. The number of benzene rings is 3. The van der Waals surface area contributed by atoms with Crippen molar-refractivity contribution >= 4 is 35.2 Å². The van der Waals surface area contributed by atoms with Gasteiger partial charge in [-0.25, -0.2) is 13.6 Å². The topological polar surface area (TPSA) is 105 Å². The maximum Gasteiger partial charge on any atom is 0.446 e. The van der Waals surface area contributed by atoms with Crippen molar-refractivity contribution in [2.75, 3.05) is 12.4 Å². The van der Waals surface area contributed by atoms with E-state index in [4.69, 9.17) is 9.84 Å². The number of nitrogens with one attached hydrogen (secondary N) is 2. The number of rotatable bonds is 8. The zero-order valence-corrected chi connectivity index (χ0v) is 23.3. The largest absolute Gasteiger partial charge is 0.496 e. The Kier molecular flexibility index (Phi) is 8.37. The van der Waals surface area contributed by atoms with E-state index in [0.29, 0.717) is 6.42 Å². The molecular weight excluding hydrogens is 595 g/mol. The molecule has 2 fully saturated rings. The first-order chi connectivity index (χ1) is 20.3. The Balaban J connectivity index is 1.39. The van der Waals surface area contributed by atoms with E-state index >= 15 is 4.39 Å². The molecule has 226 valence electrons. The van der Waals surface area contributed by atoms with Crippen molar-refractivity contribution in [2.24, 2.45) is 17.8 Å². The molecule has 4 atom stereocenters. The monoisotopic (exact) mass is 620 g/mol. The molecule has 4 unspecified atom stereocenters. The van der Waals surface area contributed by atoms with Crippen molar-refractivity contribution in [3.63, 3.8) is 0 Å². The van der Waals surface area contributed by atoms with Crippen LogP contribution in [0.2, 0.25) is 0 Å². The van der Waals surface area contributed by atoms with Crippen LogP contribution in [0.4, 0.5) is 27.6 Å². The van der Waals surface area contributed by atoms with E-state index < -0.39 is 52.4 Å². The number of hydrogen-bond acceptors (Lipinski definition) is 5. The Bertz CT molecular complexity index is 1600. The van der Waals surface area contributed by atoms with Crippen molar-refractivity contribution in [3.8, 4) is 16.9 Å². The second-order valence-electron chi connectivity index (χ2n) is 10.5. The number of anilines is 1. The summed E-state index contributed by atoms with van der Waals surface area (Å²) in [5.74, 6) is -5.35. The lowest BCUT2D eigenvalue weighted by Crippen LogP contribution is -2.48. The van der Waals surface area contributed by atoms with Crippen LogP contribution in [0.25, 0.3) is 11.1 Å². The van der Waals surface area contributed by atoms with Crippen LogP contribution in [0, 0.1) is 29.4 Å². The number of aromatic carboxylic acids is 1. The zero-order valence-electron chi connectivity index (χ0n) is 22.5. The van der Waals surface area contributed by atoms with E-state index in [0.717, 1.165) is 31.0 Å². The lowest BCUT2D eigenvalue weighted by molar-refractivity contribution is -0.122. The van der Waals surface area contributed by atoms with Gasteiger partial charge in [0, 0.05) is 28.3 Å². The molecule has 5 rings (SSSR count). The molecule has 2 aliphatic carbocycles. The number of carbonyl (C=O) groups is 3. The minimum Gasteiger partial charge on any atom is -0.496 e. The number of carboxylic acid groups (broad SMARTS) is 1. The van der Waals surface area contributed by atoms with Gasteiger partial charge < -0.3 is 20.5 Å². The highest BCUT2D eigenvalue weighted by Crippen LogP contribution is 2.49. The van der Waals surface area contributed by atoms with Crippen LogP contribution in [-0.2, 0) is 4.79 Å². The van der Waals surface area contributed by atoms with E-state index in [-0.39, 0.29) is 56.6 Å². The molecule has 0 spiro atoms. The molecule has 0 saturated heterocycles. The number of ether oxygens (including phenoxy) is 1. The van der Waals surface area contributed by atoms with E-state index in [2.05, 4.69) is 10.6 Å². The summed E-state index contributed by atoms with van der Waals surface area (Å²) in [4.78, 5) is 38.0. The Hall–Kier alpha value is -4.13. The SMILES string of the molecule is COc1cc(F)c(-c2ccc(C(=O)O)c(F)c2)cc1C(=O)NC1C2CCC(C2)C1C(=O)Nc1cccc(SC(F)(F)F)c1. The molecule has 2 saturated carbocycles. The van der Waals surface area contributed by atoms with Crippen LogP contribution < -0.4 is 15.4 Å². The van der Waals surface area contributed by atoms with Gasteiger partial charge in [-0.2, -0.15) is 13.2 Å². The molecule has 0 aromatic heterocycles. The van der Waals surface area contributed by atoms with Crippen molar-refractivity contribution in [1.82, 2.24) is 5.32 Å². The molecule has 2 bridgehead atoms. The summed E-state index contributed by atoms with van der Waals surface area (Å²) in [5, 5.41) is 14.7. The van der Waals surface area contributed by atoms with Crippen LogP contribution in [0.15, 0.2) is 59.5 Å². The summed E-state index contributed by atoms with van der Waals surface area (Å²) in [6.07, 6.45) is 2.19. The summed E-state index contributed by atoms with van der Waals surface area (Å²) in [5.41, 5.74) is -5.14. The molecule has 3 N–H and O–H groups in total. The summed E-state index contributed by atoms with van der Waals surface area (Å²) in [6, 6.07) is 10.00. The second-order valence-corrected chi connectivity index (χ2v) is 11.6. The number of hydrogen-bond donors (Lipinski definition) is 3. The van der Waals surface area contributed by atoms with Crippen LogP contribution in [0.5, 0.6) is 5.75 Å². The Labute approximate surface area is 246 Å². The summed E-state index contributed by atoms with van der Waals surface area (Å²) in [7, 11) is 1.24. The van der Waals surface area contributed by atoms with E-state index in [1.54, 1.807) is 0 Å². The fourth-order valence-corrected chi connectivity index (χ4v) is 6.68. The number of carboxylic acids is 1. The molecule has 2 amide bonds. The van der Waals surface area contributed by atoms with Crippen LogP contribution >= 0.6 is 11.8 Å². The van der Waals surface area contributed by atoms with Gasteiger partial charge >= 0.3 is 11.5 Å². The first-order valence-electron chi connectivity index (χ1n) is 13.2. The lowest BCUT2D eigenvalue weighted by atomic mass is 9.83. The summed E-state index contributed by atoms with van der Waals surface area (Å²) in [6.45, 7) is 0. The standard InChI is InChI=1S/C30H25F5N2O5S/c1-42-24-13-23(32)20(14-7-8-19(29(40)41)22(31)10-14)12-21(24)27(38)37-26-16-6-5-15(9-16)25(26)28(39)36-17-3-2-4-18(11-17)43-30(33,34)35/h2-4,7-8,10-13,15-16,25-26H,5-6,9H2,1H3,(H,36,39)(H,37,38)(H,40,41). The van der Waals surface area contributed by atoms with Gasteiger partial charge in [0.1, 0.15) is 17.4 Å². The highest BCUT2D eigenvalue weighted by molar-refractivity contribution is 8.00. The second kappa shape index (κ2) is 11.9. The third-order valence-electron chi connectivity index (χ3n) is 7.90. The molecule has 13 heteroatoms. The van der Waals surface area contributed by atoms with Gasteiger partial charge in [-0.1, -0.05) is 12.1 Å². The fraction of sp³-hybridized carbons (Fsp3) is 0.300. The van der Waals surface area contributed by atoms with Gasteiger partial charge in [-0.3, -0.25) is 9.59 Å². The minimum absolute atomic E-state index is 0.000188. The molecule has 3 aromatic carbocycles. The highest BCUT2D eigenvalue weighted by Gasteiger charge is 2.51. The van der Waals surface area contributed by atoms with E-state index in [1.165, 1.54) is 43.5 Å². The van der Waals surface area contributed by atoms with Gasteiger partial charge in [-0.15, -0.1) is 0 Å². The lowest BCUT2D eigenvalue weighted by Gasteiger charge is -2.31. The average molecular weight is 621 g/mol. The highest BCUT2D eigenvalue weighted by atomic mass is 32.2. The number of carbonyl (C=O) groups excluding carboxylic acids is 2. The number of amides is 2. The number of thioether (sulfide) groups is 1. The number of alkyl halides is 3. The molecule has 2 aliphatic rings. The van der Waals surface area contributed by atoms with E-state index in [1.807, 2.05) is 0 Å². The van der Waals surface area contributed by atoms with E-state index in [9.17, 15) is 31.9 Å². The van der Waals surface area contributed by atoms with Crippen LogP contribution in [0.3, 0.4) is 0 Å². The smallest absolute Gasteiger partial charge is 0.446 e. The number of methoxy groups -OCH3 is 1. The molecule has 0 radical (unpaired) electrons. The van der Waals surface area contributed by atoms with Crippen molar-refractivity contribution < 1.29 is 46.2 Å². The molecule has 0 heterocycles. The zero-order chi connectivity index (χ0) is 31.1. The summed E-state index contributed by atoms with van der Waals surface area (Å²) >= 11 is -0.294. The van der Waals surface area contributed by atoms with Crippen LogP contribution in [-0.4, -0.2) is 41.6 Å². The van der Waals surface area contributed by atoms with Gasteiger partial charge in [0.05, 0.1) is 24.2 Å². The molecule has 43 heavy (non-hydrogen) atoms. The molecular formula is C30H25F5N2O5S. The van der Waals surface area contributed by atoms with Crippen LogP contribution in [0.1, 0.15) is 40.0 Å². The molecule has 3 aromatic rings. The quantitative estimate of drug-likeness (QED) is 0.191. The average Bonchev–Trinajstić information content (AvgIpc) is 3.54. The number of fused-ring (bicyclic) bond motifs is 2. The third kappa shape index (κ3) is 6.46.